The van der Waals surface area contributed by atoms with Gasteiger partial charge in [0.1, 0.15) is 11.6 Å². The van der Waals surface area contributed by atoms with E-state index in [1.807, 2.05) is 0 Å². The number of hydrogen-bond donors (Lipinski definition) is 2. The van der Waals surface area contributed by atoms with E-state index in [-0.39, 0.29) is 11.8 Å². The van der Waals surface area contributed by atoms with Crippen LogP contribution in [0.5, 0.6) is 5.75 Å². The van der Waals surface area contributed by atoms with Gasteiger partial charge in [-0.05, 0) is 61.5 Å². The number of benzene rings is 2. The number of rotatable bonds is 6. The maximum Gasteiger partial charge on any atom is 0.266 e. The Morgan fingerprint density at radius 2 is 1.72 bits per heavy atom. The Labute approximate surface area is 177 Å². The van der Waals surface area contributed by atoms with Crippen molar-refractivity contribution in [1.29, 1.82) is 0 Å². The summed E-state index contributed by atoms with van der Waals surface area (Å²) in [5.74, 6) is 0.194. The normalized spacial score (nSPS) is 11.4. The van der Waals surface area contributed by atoms with Gasteiger partial charge in [0.2, 0.25) is 0 Å². The van der Waals surface area contributed by atoms with Gasteiger partial charge in [-0.1, -0.05) is 29.3 Å². The van der Waals surface area contributed by atoms with E-state index < -0.39 is 6.10 Å². The van der Waals surface area contributed by atoms with Crippen molar-refractivity contribution >= 4 is 46.5 Å². The fourth-order valence-electron chi connectivity index (χ4n) is 2.39. The summed E-state index contributed by atoms with van der Waals surface area (Å²) in [5.41, 5.74) is 1.05. The van der Waals surface area contributed by atoms with Crippen LogP contribution in [0, 0.1) is 0 Å². The molecule has 0 saturated heterocycles. The van der Waals surface area contributed by atoms with E-state index >= 15 is 0 Å². The molecule has 1 unspecified atom stereocenters. The van der Waals surface area contributed by atoms with Crippen molar-refractivity contribution in [2.24, 2.45) is 0 Å². The summed E-state index contributed by atoms with van der Waals surface area (Å²) in [6, 6.07) is 16.6. The highest BCUT2D eigenvalue weighted by atomic mass is 35.5. The van der Waals surface area contributed by atoms with E-state index in [9.17, 15) is 9.59 Å². The topological polar surface area (TPSA) is 80.3 Å². The van der Waals surface area contributed by atoms with Gasteiger partial charge >= 0.3 is 0 Å². The van der Waals surface area contributed by atoms with Crippen LogP contribution in [0.1, 0.15) is 17.3 Å². The average Bonchev–Trinajstić information content (AvgIpc) is 2.70. The highest BCUT2D eigenvalue weighted by Gasteiger charge is 2.16. The van der Waals surface area contributed by atoms with Gasteiger partial charge in [0, 0.05) is 22.5 Å². The number of carbonyl (C=O) groups is 2. The van der Waals surface area contributed by atoms with E-state index in [4.69, 9.17) is 27.9 Å². The van der Waals surface area contributed by atoms with E-state index in [1.54, 1.807) is 67.6 Å². The van der Waals surface area contributed by atoms with E-state index in [2.05, 4.69) is 15.6 Å². The molecule has 0 aliphatic carbocycles. The Morgan fingerprint density at radius 1 is 0.966 bits per heavy atom. The highest BCUT2D eigenvalue weighted by Crippen LogP contribution is 2.18. The molecule has 0 bridgehead atoms. The van der Waals surface area contributed by atoms with Crippen molar-refractivity contribution in [3.05, 3.63) is 82.5 Å². The second-order valence-electron chi connectivity index (χ2n) is 6.10. The minimum atomic E-state index is -0.765. The Hall–Kier alpha value is -3.09. The van der Waals surface area contributed by atoms with E-state index in [0.717, 1.165) is 0 Å². The lowest BCUT2D eigenvalue weighted by molar-refractivity contribution is -0.122. The molecule has 0 fully saturated rings. The molecule has 8 heteroatoms. The molecule has 0 saturated carbocycles. The molecule has 1 aromatic heterocycles. The van der Waals surface area contributed by atoms with Gasteiger partial charge in [-0.3, -0.25) is 9.59 Å². The van der Waals surface area contributed by atoms with Crippen molar-refractivity contribution in [3.63, 3.8) is 0 Å². The van der Waals surface area contributed by atoms with E-state index in [1.165, 1.54) is 6.20 Å². The monoisotopic (exact) mass is 429 g/mol. The minimum Gasteiger partial charge on any atom is -0.481 e. The molecule has 2 amide bonds. The van der Waals surface area contributed by atoms with Crippen molar-refractivity contribution in [3.8, 4) is 5.75 Å². The van der Waals surface area contributed by atoms with Gasteiger partial charge in [0.15, 0.2) is 6.10 Å². The number of carbonyl (C=O) groups excluding carboxylic acids is 2. The number of ether oxygens (including phenoxy) is 1. The zero-order chi connectivity index (χ0) is 20.8. The van der Waals surface area contributed by atoms with Crippen molar-refractivity contribution in [2.75, 3.05) is 10.6 Å². The van der Waals surface area contributed by atoms with Gasteiger partial charge in [-0.25, -0.2) is 4.98 Å². The second-order valence-corrected chi connectivity index (χ2v) is 6.97. The number of aromatic nitrogens is 1. The van der Waals surface area contributed by atoms with Crippen LogP contribution >= 0.6 is 23.2 Å². The largest absolute Gasteiger partial charge is 0.481 e. The molecule has 1 atom stereocenters. The van der Waals surface area contributed by atoms with Crippen LogP contribution in [0.4, 0.5) is 11.5 Å². The molecule has 2 N–H and O–H groups in total. The summed E-state index contributed by atoms with van der Waals surface area (Å²) in [6.07, 6.45) is 0.675. The third-order valence-electron chi connectivity index (χ3n) is 3.86. The predicted octanol–water partition coefficient (Wildman–Crippen LogP) is 5.05. The molecule has 3 rings (SSSR count). The van der Waals surface area contributed by atoms with Gasteiger partial charge < -0.3 is 15.4 Å². The molecule has 29 heavy (non-hydrogen) atoms. The molecule has 0 radical (unpaired) electrons. The molecule has 3 aromatic rings. The first kappa shape index (κ1) is 20.6. The quantitative estimate of drug-likeness (QED) is 0.574. The number of anilines is 2. The number of halogens is 2. The summed E-state index contributed by atoms with van der Waals surface area (Å²) in [4.78, 5) is 28.5. The average molecular weight is 430 g/mol. The number of hydrogen-bond acceptors (Lipinski definition) is 4. The molecular formula is C21H17Cl2N3O3. The van der Waals surface area contributed by atoms with Crippen molar-refractivity contribution in [1.82, 2.24) is 4.98 Å². The Bertz CT molecular complexity index is 1010. The van der Waals surface area contributed by atoms with Crippen molar-refractivity contribution in [2.45, 2.75) is 13.0 Å². The molecule has 2 aromatic carbocycles. The predicted molar refractivity (Wildman–Crippen MR) is 114 cm³/mol. The molecule has 0 spiro atoms. The summed E-state index contributed by atoms with van der Waals surface area (Å²) in [5, 5.41) is 6.42. The lowest BCUT2D eigenvalue weighted by Crippen LogP contribution is -2.30. The molecule has 0 aliphatic heterocycles. The van der Waals surface area contributed by atoms with Crippen molar-refractivity contribution < 1.29 is 14.3 Å². The zero-order valence-electron chi connectivity index (χ0n) is 15.4. The first-order valence-electron chi connectivity index (χ1n) is 8.67. The van der Waals surface area contributed by atoms with Crippen LogP contribution in [0.3, 0.4) is 0 Å². The van der Waals surface area contributed by atoms with Gasteiger partial charge in [0.05, 0.1) is 5.02 Å². The number of nitrogens with one attached hydrogen (secondary N) is 2. The van der Waals surface area contributed by atoms with E-state index in [0.29, 0.717) is 32.9 Å². The molecule has 6 nitrogen and oxygen atoms in total. The molecule has 0 aliphatic rings. The Kier molecular flexibility index (Phi) is 6.69. The number of pyridine rings is 1. The highest BCUT2D eigenvalue weighted by molar-refractivity contribution is 6.31. The van der Waals surface area contributed by atoms with Crippen LogP contribution < -0.4 is 15.4 Å². The summed E-state index contributed by atoms with van der Waals surface area (Å²) >= 11 is 11.7. The minimum absolute atomic E-state index is 0.279. The molecule has 1 heterocycles. The molecule has 148 valence electrons. The summed E-state index contributed by atoms with van der Waals surface area (Å²) in [6.45, 7) is 1.62. The standard InChI is InChI=1S/C21H17Cl2N3O3/c1-13(20(27)26-19-10-7-16(23)12-24-19)29-18-8-5-14(6-9-18)21(28)25-17-4-2-3-15(22)11-17/h2-13H,1H3,(H,25,28)(H,24,26,27). The Balaban J connectivity index is 1.57. The van der Waals surface area contributed by atoms with Crippen LogP contribution in [0.25, 0.3) is 0 Å². The maximum atomic E-state index is 12.3. The smallest absolute Gasteiger partial charge is 0.266 e. The van der Waals surface area contributed by atoms with Crippen LogP contribution in [-0.4, -0.2) is 22.9 Å². The third-order valence-corrected chi connectivity index (χ3v) is 4.32. The van der Waals surface area contributed by atoms with Gasteiger partial charge in [0.25, 0.3) is 11.8 Å². The zero-order valence-corrected chi connectivity index (χ0v) is 16.9. The van der Waals surface area contributed by atoms with Crippen LogP contribution in [0.15, 0.2) is 66.9 Å². The van der Waals surface area contributed by atoms with Gasteiger partial charge in [-0.2, -0.15) is 0 Å². The van der Waals surface area contributed by atoms with Crippen LogP contribution in [0.2, 0.25) is 10.0 Å². The number of nitrogens with zero attached hydrogens (tertiary/aromatic N) is 1. The van der Waals surface area contributed by atoms with Gasteiger partial charge in [-0.15, -0.1) is 0 Å². The lowest BCUT2D eigenvalue weighted by Gasteiger charge is -2.14. The lowest BCUT2D eigenvalue weighted by atomic mass is 10.2. The fraction of sp³-hybridized carbons (Fsp3) is 0.0952. The fourth-order valence-corrected chi connectivity index (χ4v) is 2.69. The first-order valence-corrected chi connectivity index (χ1v) is 9.42. The summed E-state index contributed by atoms with van der Waals surface area (Å²) in [7, 11) is 0. The third kappa shape index (κ3) is 5.94. The van der Waals surface area contributed by atoms with Crippen LogP contribution in [-0.2, 0) is 4.79 Å². The SMILES string of the molecule is CC(Oc1ccc(C(=O)Nc2cccc(Cl)c2)cc1)C(=O)Nc1ccc(Cl)cn1. The first-order chi connectivity index (χ1) is 13.9. The number of amides is 2. The summed E-state index contributed by atoms with van der Waals surface area (Å²) < 4.78 is 5.63. The maximum absolute atomic E-state index is 12.3. The molecular weight excluding hydrogens is 413 g/mol. The Morgan fingerprint density at radius 3 is 2.38 bits per heavy atom. The second kappa shape index (κ2) is 9.41.